The van der Waals surface area contributed by atoms with Gasteiger partial charge in [0.05, 0.1) is 34.2 Å². The van der Waals surface area contributed by atoms with Crippen molar-refractivity contribution in [3.05, 3.63) is 143 Å². The van der Waals surface area contributed by atoms with Crippen molar-refractivity contribution in [2.45, 2.75) is 41.5 Å². The second-order valence-corrected chi connectivity index (χ2v) is 10.3. The van der Waals surface area contributed by atoms with E-state index in [4.69, 9.17) is 0 Å². The molecule has 43 heavy (non-hydrogen) atoms. The molecule has 215 valence electrons. The van der Waals surface area contributed by atoms with Crippen molar-refractivity contribution in [3.8, 4) is 34.2 Å². The van der Waals surface area contributed by atoms with E-state index in [2.05, 4.69) is 71.4 Å². The van der Waals surface area contributed by atoms with Crippen LogP contribution in [0.5, 0.6) is 0 Å². The third kappa shape index (κ3) is 10.4. The Hall–Kier alpha value is -4.48. The topological polar surface area (TPSA) is 77.3 Å². The van der Waals surface area contributed by atoms with Crippen LogP contribution in [0.1, 0.15) is 33.4 Å². The maximum absolute atomic E-state index is 4.29. The Morgan fingerprint density at radius 3 is 0.535 bits per heavy atom. The normalized spacial score (nSPS) is 9.91. The van der Waals surface area contributed by atoms with Crippen LogP contribution in [0.4, 0.5) is 0 Å². The predicted molar refractivity (Wildman–Crippen MR) is 171 cm³/mol. The van der Waals surface area contributed by atoms with Gasteiger partial charge in [0.15, 0.2) is 0 Å². The van der Waals surface area contributed by atoms with Crippen LogP contribution in [0.25, 0.3) is 34.2 Å². The molecule has 6 heterocycles. The largest absolute Gasteiger partial charge is 3.00 e. The van der Waals surface area contributed by atoms with E-state index in [1.54, 1.807) is 0 Å². The molecule has 0 aliphatic carbocycles. The van der Waals surface area contributed by atoms with Gasteiger partial charge >= 0.3 is 19.5 Å². The van der Waals surface area contributed by atoms with E-state index in [-0.39, 0.29) is 19.5 Å². The Morgan fingerprint density at radius 2 is 0.419 bits per heavy atom. The SMILES string of the molecule is Cc1ccnc(-c2cc(C)ccn2)c1.Cc1ccnc(-c2cc(C)ccn2)c1.Cc1ccnc(-c2cc(C)ccn2)c1.[Ru+3]. The molecule has 7 heteroatoms. The van der Waals surface area contributed by atoms with Crippen molar-refractivity contribution >= 4 is 0 Å². The number of nitrogens with zero attached hydrogens (tertiary/aromatic N) is 6. The van der Waals surface area contributed by atoms with E-state index in [0.717, 1.165) is 34.2 Å². The number of aryl methyl sites for hydroxylation is 6. The number of aromatic nitrogens is 6. The van der Waals surface area contributed by atoms with Gasteiger partial charge in [-0.25, -0.2) is 0 Å². The van der Waals surface area contributed by atoms with Crippen molar-refractivity contribution < 1.29 is 19.5 Å². The molecule has 0 N–H and O–H groups in total. The molecule has 0 atom stereocenters. The van der Waals surface area contributed by atoms with E-state index >= 15 is 0 Å². The van der Waals surface area contributed by atoms with E-state index in [1.165, 1.54) is 33.4 Å². The molecule has 0 aliphatic heterocycles. The zero-order valence-electron chi connectivity index (χ0n) is 25.4. The second-order valence-electron chi connectivity index (χ2n) is 10.3. The van der Waals surface area contributed by atoms with Gasteiger partial charge in [0, 0.05) is 37.2 Å². The van der Waals surface area contributed by atoms with Crippen LogP contribution in [0.3, 0.4) is 0 Å². The van der Waals surface area contributed by atoms with Crippen LogP contribution in [-0.4, -0.2) is 29.9 Å². The first-order chi connectivity index (χ1) is 20.3. The first-order valence-electron chi connectivity index (χ1n) is 13.8. The first kappa shape index (κ1) is 33.0. The molecule has 6 nitrogen and oxygen atoms in total. The van der Waals surface area contributed by atoms with Gasteiger partial charge in [-0.15, -0.1) is 0 Å². The summed E-state index contributed by atoms with van der Waals surface area (Å²) in [6.07, 6.45) is 10.9. The van der Waals surface area contributed by atoms with Gasteiger partial charge in [0.25, 0.3) is 0 Å². The summed E-state index contributed by atoms with van der Waals surface area (Å²) < 4.78 is 0. The van der Waals surface area contributed by atoms with Crippen LogP contribution in [0.15, 0.2) is 110 Å². The van der Waals surface area contributed by atoms with Crippen LogP contribution in [-0.2, 0) is 19.5 Å². The fraction of sp³-hybridized carbons (Fsp3) is 0.167. The van der Waals surface area contributed by atoms with E-state index in [1.807, 2.05) is 110 Å². The smallest absolute Gasteiger partial charge is 0.255 e. The molecule has 6 aromatic heterocycles. The summed E-state index contributed by atoms with van der Waals surface area (Å²) in [5, 5.41) is 0. The number of pyridine rings is 6. The van der Waals surface area contributed by atoms with Gasteiger partial charge in [-0.2, -0.15) is 0 Å². The molecule has 0 unspecified atom stereocenters. The maximum atomic E-state index is 4.29. The van der Waals surface area contributed by atoms with Crippen molar-refractivity contribution in [2.75, 3.05) is 0 Å². The molecule has 0 bridgehead atoms. The minimum Gasteiger partial charge on any atom is -0.255 e. The summed E-state index contributed by atoms with van der Waals surface area (Å²) in [6.45, 7) is 12.3. The molecule has 0 saturated carbocycles. The Morgan fingerprint density at radius 1 is 0.279 bits per heavy atom. The molecule has 0 saturated heterocycles. The second kappa shape index (κ2) is 16.2. The van der Waals surface area contributed by atoms with Crippen molar-refractivity contribution in [1.82, 2.24) is 29.9 Å². The Balaban J connectivity index is 0.000000175. The zero-order valence-corrected chi connectivity index (χ0v) is 27.2. The average Bonchev–Trinajstić information content (AvgIpc) is 2.98. The van der Waals surface area contributed by atoms with Gasteiger partial charge < -0.3 is 0 Å². The number of hydrogen-bond donors (Lipinski definition) is 0. The van der Waals surface area contributed by atoms with Crippen molar-refractivity contribution in [3.63, 3.8) is 0 Å². The van der Waals surface area contributed by atoms with Crippen molar-refractivity contribution in [2.24, 2.45) is 0 Å². The minimum absolute atomic E-state index is 0. The number of rotatable bonds is 3. The molecule has 1 radical (unpaired) electrons. The predicted octanol–water partition coefficient (Wildman–Crippen LogP) is 8.28. The third-order valence-corrected chi connectivity index (χ3v) is 6.28. The molecular weight excluding hydrogens is 618 g/mol. The molecule has 6 rings (SSSR count). The summed E-state index contributed by atoms with van der Waals surface area (Å²) in [6, 6.07) is 24.2. The Bertz CT molecular complexity index is 1430. The van der Waals surface area contributed by atoms with Gasteiger partial charge in [0.1, 0.15) is 0 Å². The van der Waals surface area contributed by atoms with Gasteiger partial charge in [-0.3, -0.25) is 29.9 Å². The zero-order chi connectivity index (χ0) is 29.9. The first-order valence-corrected chi connectivity index (χ1v) is 13.8. The minimum atomic E-state index is 0. The molecular formula is C36H36N6Ru+3. The summed E-state index contributed by atoms with van der Waals surface area (Å²) in [5.41, 5.74) is 12.9. The van der Waals surface area contributed by atoms with Crippen LogP contribution in [0, 0.1) is 41.5 Å². The molecule has 0 spiro atoms. The fourth-order valence-electron chi connectivity index (χ4n) is 4.06. The number of hydrogen-bond acceptors (Lipinski definition) is 6. The summed E-state index contributed by atoms with van der Waals surface area (Å²) in [5.74, 6) is 0. The van der Waals surface area contributed by atoms with Gasteiger partial charge in [0.2, 0.25) is 0 Å². The Labute approximate surface area is 267 Å². The van der Waals surface area contributed by atoms with Crippen LogP contribution in [0.2, 0.25) is 0 Å². The van der Waals surface area contributed by atoms with Crippen LogP contribution >= 0.6 is 0 Å². The molecule has 0 aliphatic rings. The van der Waals surface area contributed by atoms with E-state index in [0.29, 0.717) is 0 Å². The summed E-state index contributed by atoms with van der Waals surface area (Å²) in [4.78, 5) is 25.7. The molecule has 0 fully saturated rings. The van der Waals surface area contributed by atoms with E-state index < -0.39 is 0 Å². The fourth-order valence-corrected chi connectivity index (χ4v) is 4.06. The van der Waals surface area contributed by atoms with Gasteiger partial charge in [-0.1, -0.05) is 0 Å². The average molecular weight is 654 g/mol. The Kier molecular flexibility index (Phi) is 12.5. The summed E-state index contributed by atoms with van der Waals surface area (Å²) >= 11 is 0. The van der Waals surface area contributed by atoms with Gasteiger partial charge in [-0.05, 0) is 148 Å². The van der Waals surface area contributed by atoms with E-state index in [9.17, 15) is 0 Å². The quantitative estimate of drug-likeness (QED) is 0.179. The summed E-state index contributed by atoms with van der Waals surface area (Å²) in [7, 11) is 0. The molecule has 6 aromatic rings. The monoisotopic (exact) mass is 654 g/mol. The molecule has 0 aromatic carbocycles. The third-order valence-electron chi connectivity index (χ3n) is 6.28. The standard InChI is InChI=1S/3C12H12N2.Ru/c3*1-9-3-5-13-11(7-9)12-8-10(2)4-6-14-12;/h3*3-8H,1-2H3;/q;;;+3. The van der Waals surface area contributed by atoms with Crippen molar-refractivity contribution in [1.29, 1.82) is 0 Å². The van der Waals surface area contributed by atoms with Crippen LogP contribution < -0.4 is 0 Å². The maximum Gasteiger partial charge on any atom is 3.00 e. The molecule has 0 amide bonds.